The van der Waals surface area contributed by atoms with Gasteiger partial charge in [0.05, 0.1) is 6.61 Å². The first kappa shape index (κ1) is 17.9. The summed E-state index contributed by atoms with van der Waals surface area (Å²) in [6, 6.07) is 5.98. The number of benzene rings is 1. The van der Waals surface area contributed by atoms with Gasteiger partial charge in [0, 0.05) is 17.6 Å². The first-order chi connectivity index (χ1) is 9.81. The molecule has 1 rings (SSSR count). The second kappa shape index (κ2) is 8.36. The summed E-state index contributed by atoms with van der Waals surface area (Å²) in [6.45, 7) is 9.17. The highest BCUT2D eigenvalue weighted by Gasteiger charge is 2.15. The third-order valence-corrected chi connectivity index (χ3v) is 3.23. The summed E-state index contributed by atoms with van der Waals surface area (Å²) >= 11 is 3.49. The Labute approximate surface area is 134 Å². The lowest BCUT2D eigenvalue weighted by Crippen LogP contribution is -2.40. The molecule has 0 atom stereocenters. The van der Waals surface area contributed by atoms with Crippen molar-refractivity contribution in [1.82, 2.24) is 10.9 Å². The van der Waals surface area contributed by atoms with Crippen LogP contribution < -0.4 is 10.9 Å². The zero-order valence-electron chi connectivity index (χ0n) is 13.0. The number of carbonyl (C=O) groups is 1. The third-order valence-electron chi connectivity index (χ3n) is 2.45. The van der Waals surface area contributed by atoms with Crippen LogP contribution in [0.4, 0.5) is 4.79 Å². The topological polar surface area (TPSA) is 59.6 Å². The van der Waals surface area contributed by atoms with Crippen molar-refractivity contribution in [3.63, 3.8) is 0 Å². The van der Waals surface area contributed by atoms with Crippen LogP contribution in [0.25, 0.3) is 0 Å². The number of hydrogen-bond acceptors (Lipinski definition) is 4. The van der Waals surface area contributed by atoms with Gasteiger partial charge in [-0.3, -0.25) is 5.43 Å². The van der Waals surface area contributed by atoms with Crippen LogP contribution in [0.3, 0.4) is 0 Å². The number of hydrazine groups is 1. The maximum Gasteiger partial charge on any atom is 0.422 e. The average Bonchev–Trinajstić information content (AvgIpc) is 2.37. The summed E-state index contributed by atoms with van der Waals surface area (Å²) < 4.78 is 11.6. The molecule has 0 aliphatic rings. The molecule has 1 amide bonds. The Bertz CT molecular complexity index is 472. The SMILES string of the molecule is CCOCc1cc(CNNC(=O)OC(C)(C)C)ccc1Br. The van der Waals surface area contributed by atoms with Crippen LogP contribution in [0.1, 0.15) is 38.8 Å². The standard InChI is InChI=1S/C15H23BrN2O3/c1-5-20-10-12-8-11(6-7-13(12)16)9-17-18-14(19)21-15(2,3)4/h6-8,17H,5,9-10H2,1-4H3,(H,18,19). The van der Waals surface area contributed by atoms with E-state index in [9.17, 15) is 4.79 Å². The van der Waals surface area contributed by atoms with Crippen molar-refractivity contribution in [3.8, 4) is 0 Å². The molecule has 0 aliphatic carbocycles. The maximum absolute atomic E-state index is 11.5. The first-order valence-electron chi connectivity index (χ1n) is 6.88. The quantitative estimate of drug-likeness (QED) is 0.763. The lowest BCUT2D eigenvalue weighted by Gasteiger charge is -2.19. The molecule has 2 N–H and O–H groups in total. The Morgan fingerprint density at radius 2 is 2.05 bits per heavy atom. The van der Waals surface area contributed by atoms with E-state index in [0.29, 0.717) is 19.8 Å². The number of amides is 1. The second-order valence-corrected chi connectivity index (χ2v) is 6.40. The smallest absolute Gasteiger partial charge is 0.422 e. The van der Waals surface area contributed by atoms with Crippen molar-refractivity contribution >= 4 is 22.0 Å². The van der Waals surface area contributed by atoms with Crippen LogP contribution >= 0.6 is 15.9 Å². The fourth-order valence-electron chi connectivity index (χ4n) is 1.58. The van der Waals surface area contributed by atoms with Gasteiger partial charge in [-0.25, -0.2) is 10.2 Å². The minimum absolute atomic E-state index is 0.492. The normalized spacial score (nSPS) is 11.3. The van der Waals surface area contributed by atoms with Crippen LogP contribution in [-0.2, 0) is 22.6 Å². The Morgan fingerprint density at radius 1 is 1.33 bits per heavy atom. The van der Waals surface area contributed by atoms with E-state index in [4.69, 9.17) is 9.47 Å². The van der Waals surface area contributed by atoms with E-state index in [2.05, 4.69) is 26.8 Å². The molecular formula is C15H23BrN2O3. The van der Waals surface area contributed by atoms with Crippen molar-refractivity contribution in [3.05, 3.63) is 33.8 Å². The molecule has 0 heterocycles. The maximum atomic E-state index is 11.5. The Balaban J connectivity index is 2.47. The van der Waals surface area contributed by atoms with E-state index >= 15 is 0 Å². The fourth-order valence-corrected chi connectivity index (χ4v) is 1.94. The van der Waals surface area contributed by atoms with Crippen molar-refractivity contribution in [2.45, 2.75) is 46.4 Å². The average molecular weight is 359 g/mol. The molecule has 0 aliphatic heterocycles. The predicted molar refractivity (Wildman–Crippen MR) is 85.7 cm³/mol. The molecule has 5 nitrogen and oxygen atoms in total. The fraction of sp³-hybridized carbons (Fsp3) is 0.533. The monoisotopic (exact) mass is 358 g/mol. The second-order valence-electron chi connectivity index (χ2n) is 5.54. The van der Waals surface area contributed by atoms with Crippen LogP contribution in [-0.4, -0.2) is 18.3 Å². The van der Waals surface area contributed by atoms with Crippen molar-refractivity contribution in [2.24, 2.45) is 0 Å². The molecule has 1 aromatic carbocycles. The van der Waals surface area contributed by atoms with Gasteiger partial charge in [0.25, 0.3) is 0 Å². The molecule has 0 bridgehead atoms. The molecule has 21 heavy (non-hydrogen) atoms. The summed E-state index contributed by atoms with van der Waals surface area (Å²) in [5.74, 6) is 0. The summed E-state index contributed by atoms with van der Waals surface area (Å²) in [7, 11) is 0. The van der Waals surface area contributed by atoms with E-state index in [1.165, 1.54) is 0 Å². The Hall–Kier alpha value is -1.11. The van der Waals surface area contributed by atoms with Gasteiger partial charge in [-0.05, 0) is 44.9 Å². The van der Waals surface area contributed by atoms with E-state index in [-0.39, 0.29) is 0 Å². The summed E-state index contributed by atoms with van der Waals surface area (Å²) in [5, 5.41) is 0. The number of hydrogen-bond donors (Lipinski definition) is 2. The lowest BCUT2D eigenvalue weighted by atomic mass is 10.1. The molecule has 0 fully saturated rings. The van der Waals surface area contributed by atoms with Gasteiger partial charge in [0.15, 0.2) is 0 Å². The molecule has 0 radical (unpaired) electrons. The van der Waals surface area contributed by atoms with Crippen molar-refractivity contribution < 1.29 is 14.3 Å². The highest BCUT2D eigenvalue weighted by atomic mass is 79.9. The molecule has 6 heteroatoms. The number of ether oxygens (including phenoxy) is 2. The van der Waals surface area contributed by atoms with Crippen LogP contribution in [0, 0.1) is 0 Å². The molecule has 0 saturated heterocycles. The van der Waals surface area contributed by atoms with Gasteiger partial charge >= 0.3 is 6.09 Å². The molecule has 0 unspecified atom stereocenters. The van der Waals surface area contributed by atoms with Gasteiger partial charge in [0.1, 0.15) is 5.60 Å². The minimum Gasteiger partial charge on any atom is -0.443 e. The third kappa shape index (κ3) is 7.45. The largest absolute Gasteiger partial charge is 0.443 e. The van der Waals surface area contributed by atoms with Gasteiger partial charge < -0.3 is 9.47 Å². The van der Waals surface area contributed by atoms with Gasteiger partial charge in [-0.1, -0.05) is 28.1 Å². The number of carbonyl (C=O) groups excluding carboxylic acids is 1. The van der Waals surface area contributed by atoms with Crippen molar-refractivity contribution in [2.75, 3.05) is 6.61 Å². The number of halogens is 1. The van der Waals surface area contributed by atoms with Crippen LogP contribution in [0.15, 0.2) is 22.7 Å². The van der Waals surface area contributed by atoms with E-state index < -0.39 is 11.7 Å². The lowest BCUT2D eigenvalue weighted by molar-refractivity contribution is 0.0497. The Kier molecular flexibility index (Phi) is 7.14. The minimum atomic E-state index is -0.506. The molecule has 0 saturated carbocycles. The van der Waals surface area contributed by atoms with E-state index in [1.807, 2.05) is 45.9 Å². The summed E-state index contributed by atoms with van der Waals surface area (Å²) in [5.41, 5.74) is 6.97. The zero-order valence-corrected chi connectivity index (χ0v) is 14.5. The van der Waals surface area contributed by atoms with Gasteiger partial charge in [0.2, 0.25) is 0 Å². The molecular weight excluding hydrogens is 336 g/mol. The molecule has 118 valence electrons. The Morgan fingerprint density at radius 3 is 2.67 bits per heavy atom. The highest BCUT2D eigenvalue weighted by molar-refractivity contribution is 9.10. The highest BCUT2D eigenvalue weighted by Crippen LogP contribution is 2.19. The predicted octanol–water partition coefficient (Wildman–Crippen LogP) is 3.51. The molecule has 0 aromatic heterocycles. The van der Waals surface area contributed by atoms with Crippen molar-refractivity contribution in [1.29, 1.82) is 0 Å². The zero-order chi connectivity index (χ0) is 15.9. The first-order valence-corrected chi connectivity index (χ1v) is 7.68. The van der Waals surface area contributed by atoms with Crippen LogP contribution in [0.2, 0.25) is 0 Å². The molecule has 0 spiro atoms. The number of rotatable bonds is 6. The summed E-state index contributed by atoms with van der Waals surface area (Å²) in [6.07, 6.45) is -0.492. The van der Waals surface area contributed by atoms with E-state index in [1.54, 1.807) is 0 Å². The van der Waals surface area contributed by atoms with Gasteiger partial charge in [-0.2, -0.15) is 0 Å². The summed E-state index contributed by atoms with van der Waals surface area (Å²) in [4.78, 5) is 11.5. The van der Waals surface area contributed by atoms with Gasteiger partial charge in [-0.15, -0.1) is 0 Å². The van der Waals surface area contributed by atoms with Crippen LogP contribution in [0.5, 0.6) is 0 Å². The van der Waals surface area contributed by atoms with E-state index in [0.717, 1.165) is 15.6 Å². The molecule has 1 aromatic rings. The number of nitrogens with one attached hydrogen (secondary N) is 2.